The lowest BCUT2D eigenvalue weighted by atomic mass is 9.54. The van der Waals surface area contributed by atoms with Crippen LogP contribution in [0.2, 0.25) is 0 Å². The molecule has 0 bridgehead atoms. The Morgan fingerprint density at radius 1 is 0.500 bits per heavy atom. The van der Waals surface area contributed by atoms with E-state index in [1.54, 1.807) is 0 Å². The number of hydrogen-bond donors (Lipinski definition) is 0. The summed E-state index contributed by atoms with van der Waals surface area (Å²) in [6.45, 7) is 6.58. The maximum absolute atomic E-state index is 2.44. The number of rotatable bonds is 6. The van der Waals surface area contributed by atoms with E-state index in [2.05, 4.69) is 149 Å². The maximum atomic E-state index is 2.44. The summed E-state index contributed by atoms with van der Waals surface area (Å²) in [5.41, 5.74) is 10.4. The van der Waals surface area contributed by atoms with Crippen LogP contribution in [-0.4, -0.2) is 38.0 Å². The van der Waals surface area contributed by atoms with Crippen LogP contribution in [0.25, 0.3) is 0 Å². The van der Waals surface area contributed by atoms with E-state index >= 15 is 0 Å². The molecule has 2 heteroatoms. The van der Waals surface area contributed by atoms with Gasteiger partial charge in [0, 0.05) is 18.5 Å². The summed E-state index contributed by atoms with van der Waals surface area (Å²) in [7, 11) is 8.56. The lowest BCUT2D eigenvalue weighted by Crippen LogP contribution is -2.42. The number of fused-ring (bicyclic) bond motifs is 2. The summed E-state index contributed by atoms with van der Waals surface area (Å²) in [6, 6.07) is 36.8. The molecule has 1 aliphatic rings. The van der Waals surface area contributed by atoms with Crippen molar-refractivity contribution in [1.29, 1.82) is 0 Å². The molecule has 184 valence electrons. The van der Waals surface area contributed by atoms with Gasteiger partial charge < -0.3 is 9.80 Å². The second-order valence-corrected chi connectivity index (χ2v) is 11.3. The first-order chi connectivity index (χ1) is 17.2. The quantitative estimate of drug-likeness (QED) is 0.302. The van der Waals surface area contributed by atoms with Crippen LogP contribution in [-0.2, 0) is 23.9 Å². The van der Waals surface area contributed by atoms with Crippen molar-refractivity contribution >= 4 is 0 Å². The molecule has 36 heavy (non-hydrogen) atoms. The molecule has 0 atom stereocenters. The van der Waals surface area contributed by atoms with Gasteiger partial charge in [-0.25, -0.2) is 0 Å². The molecule has 0 N–H and O–H groups in total. The molecule has 0 saturated carbocycles. The van der Waals surface area contributed by atoms with E-state index in [1.165, 1.54) is 44.5 Å². The Kier molecular flexibility index (Phi) is 6.36. The highest BCUT2D eigenvalue weighted by Crippen LogP contribution is 2.55. The Bertz CT molecular complexity index is 1270. The van der Waals surface area contributed by atoms with Crippen LogP contribution in [0.4, 0.5) is 0 Å². The van der Waals surface area contributed by atoms with Crippen molar-refractivity contribution < 1.29 is 0 Å². The largest absolute Gasteiger partial charge is 0.305 e. The average molecular weight is 475 g/mol. The molecular weight excluding hydrogens is 436 g/mol. The molecule has 0 fully saturated rings. The van der Waals surface area contributed by atoms with Crippen molar-refractivity contribution in [2.75, 3.05) is 28.2 Å². The lowest BCUT2D eigenvalue weighted by Gasteiger charge is -2.48. The molecule has 0 unspecified atom stereocenters. The van der Waals surface area contributed by atoms with Crippen LogP contribution in [0, 0.1) is 0 Å². The summed E-state index contributed by atoms with van der Waals surface area (Å²) in [5.74, 6) is 0. The van der Waals surface area contributed by atoms with E-state index in [0.717, 1.165) is 13.1 Å². The zero-order valence-corrected chi connectivity index (χ0v) is 22.5. The van der Waals surface area contributed by atoms with E-state index < -0.39 is 5.41 Å². The van der Waals surface area contributed by atoms with Crippen molar-refractivity contribution in [3.63, 3.8) is 0 Å². The molecule has 1 aliphatic carbocycles. The predicted octanol–water partition coefficient (Wildman–Crippen LogP) is 6.83. The van der Waals surface area contributed by atoms with Gasteiger partial charge in [-0.15, -0.1) is 0 Å². The van der Waals surface area contributed by atoms with Gasteiger partial charge in [0.05, 0.1) is 5.41 Å². The third-order valence-electron chi connectivity index (χ3n) is 7.73. The van der Waals surface area contributed by atoms with Crippen molar-refractivity contribution in [2.45, 2.75) is 37.8 Å². The molecule has 0 aromatic heterocycles. The van der Waals surface area contributed by atoms with Gasteiger partial charge >= 0.3 is 0 Å². The molecule has 0 aliphatic heterocycles. The number of hydrogen-bond acceptors (Lipinski definition) is 2. The fourth-order valence-electron chi connectivity index (χ4n) is 6.33. The van der Waals surface area contributed by atoms with Crippen molar-refractivity contribution in [2.24, 2.45) is 0 Å². The first-order valence-corrected chi connectivity index (χ1v) is 12.9. The van der Waals surface area contributed by atoms with Crippen LogP contribution in [0.15, 0.2) is 97.1 Å². The molecule has 0 radical (unpaired) electrons. The first-order valence-electron chi connectivity index (χ1n) is 12.9. The van der Waals surface area contributed by atoms with Crippen molar-refractivity contribution in [1.82, 2.24) is 9.80 Å². The summed E-state index contributed by atoms with van der Waals surface area (Å²) < 4.78 is 0. The smallest absolute Gasteiger partial charge is 0.0707 e. The van der Waals surface area contributed by atoms with Crippen LogP contribution in [0.3, 0.4) is 0 Å². The molecule has 0 heterocycles. The Morgan fingerprint density at radius 3 is 1.28 bits per heavy atom. The summed E-state index contributed by atoms with van der Waals surface area (Å²) in [6.07, 6.45) is 0. The van der Waals surface area contributed by atoms with Crippen LogP contribution < -0.4 is 0 Å². The summed E-state index contributed by atoms with van der Waals surface area (Å²) in [5, 5.41) is 0. The maximum Gasteiger partial charge on any atom is 0.0707 e. The SMILES string of the molecule is CN(C)Cc1cccc(C2(c3cccc(CN(C)C)c3)c3ccccc3C(C)(C)c3ccccc32)c1. The number of nitrogens with zero attached hydrogens (tertiary/aromatic N) is 2. The predicted molar refractivity (Wildman–Crippen MR) is 152 cm³/mol. The van der Waals surface area contributed by atoms with Gasteiger partial charge in [-0.1, -0.05) is 111 Å². The van der Waals surface area contributed by atoms with Gasteiger partial charge in [0.1, 0.15) is 0 Å². The minimum absolute atomic E-state index is 0.0841. The lowest BCUT2D eigenvalue weighted by molar-refractivity contribution is 0.402. The summed E-state index contributed by atoms with van der Waals surface area (Å²) in [4.78, 5) is 4.49. The normalized spacial score (nSPS) is 15.6. The molecule has 4 aromatic carbocycles. The van der Waals surface area contributed by atoms with Crippen LogP contribution in [0.5, 0.6) is 0 Å². The van der Waals surface area contributed by atoms with Gasteiger partial charge in [-0.2, -0.15) is 0 Å². The monoisotopic (exact) mass is 474 g/mol. The molecule has 4 aromatic rings. The molecule has 5 rings (SSSR count). The zero-order chi connectivity index (χ0) is 25.5. The fraction of sp³-hybridized carbons (Fsp3) is 0.294. The van der Waals surface area contributed by atoms with E-state index in [4.69, 9.17) is 0 Å². The van der Waals surface area contributed by atoms with Crippen molar-refractivity contribution in [3.05, 3.63) is 142 Å². The second kappa shape index (κ2) is 9.35. The highest BCUT2D eigenvalue weighted by molar-refractivity contribution is 5.70. The minimum atomic E-state index is -0.395. The molecule has 2 nitrogen and oxygen atoms in total. The highest BCUT2D eigenvalue weighted by atomic mass is 15.1. The van der Waals surface area contributed by atoms with Gasteiger partial charge in [-0.3, -0.25) is 0 Å². The number of benzene rings is 4. The summed E-state index contributed by atoms with van der Waals surface area (Å²) >= 11 is 0. The molecule has 0 amide bonds. The van der Waals surface area contributed by atoms with Crippen LogP contribution in [0.1, 0.15) is 58.4 Å². The molecule has 0 spiro atoms. The Morgan fingerprint density at radius 2 is 0.889 bits per heavy atom. The standard InChI is InChI=1S/C34H38N2/c1-33(2)29-17-7-9-19-31(29)34(32-20-10-8-18-30(32)33,27-15-11-13-25(21-27)23-35(3)4)28-16-12-14-26(22-28)24-36(5)6/h7-22H,23-24H2,1-6H3. The van der Waals surface area contributed by atoms with Gasteiger partial charge in [0.2, 0.25) is 0 Å². The van der Waals surface area contributed by atoms with E-state index in [0.29, 0.717) is 0 Å². The Labute approximate surface area is 217 Å². The third-order valence-corrected chi connectivity index (χ3v) is 7.73. The topological polar surface area (TPSA) is 6.48 Å². The minimum Gasteiger partial charge on any atom is -0.305 e. The van der Waals surface area contributed by atoms with E-state index in [-0.39, 0.29) is 5.41 Å². The highest BCUT2D eigenvalue weighted by Gasteiger charge is 2.48. The van der Waals surface area contributed by atoms with Crippen LogP contribution >= 0.6 is 0 Å². The molecule has 0 saturated heterocycles. The Hall–Kier alpha value is -3.20. The third kappa shape index (κ3) is 3.99. The Balaban J connectivity index is 1.91. The molecular formula is C34H38N2. The fourth-order valence-corrected chi connectivity index (χ4v) is 6.33. The van der Waals surface area contributed by atoms with Gasteiger partial charge in [-0.05, 0) is 72.7 Å². The zero-order valence-electron chi connectivity index (χ0n) is 22.5. The van der Waals surface area contributed by atoms with Crippen molar-refractivity contribution in [3.8, 4) is 0 Å². The first kappa shape index (κ1) is 24.5. The van der Waals surface area contributed by atoms with E-state index in [1.807, 2.05) is 0 Å². The van der Waals surface area contributed by atoms with Gasteiger partial charge in [0.25, 0.3) is 0 Å². The second-order valence-electron chi connectivity index (χ2n) is 11.3. The average Bonchev–Trinajstić information content (AvgIpc) is 2.84. The van der Waals surface area contributed by atoms with E-state index in [9.17, 15) is 0 Å². The van der Waals surface area contributed by atoms with Gasteiger partial charge in [0.15, 0.2) is 0 Å².